The Morgan fingerprint density at radius 3 is 3.00 bits per heavy atom. The van der Waals surface area contributed by atoms with Gasteiger partial charge in [0.05, 0.1) is 4.83 Å². The minimum absolute atomic E-state index is 0.0128. The largest absolute Gasteiger partial charge is 0.293 e. The molecule has 0 radical (unpaired) electrons. The van der Waals surface area contributed by atoms with Crippen molar-refractivity contribution in [3.63, 3.8) is 0 Å². The SMILES string of the molecule is O=C1c2ccc(Cl)cc2CC[C@@H]1Br. The highest BCUT2D eigenvalue weighted by molar-refractivity contribution is 9.10. The summed E-state index contributed by atoms with van der Waals surface area (Å²) in [5.41, 5.74) is 1.89. The van der Waals surface area contributed by atoms with E-state index < -0.39 is 0 Å². The molecule has 1 nitrogen and oxygen atoms in total. The van der Waals surface area contributed by atoms with Gasteiger partial charge in [-0.05, 0) is 36.6 Å². The predicted octanol–water partition coefficient (Wildman–Crippen LogP) is 3.23. The number of hydrogen-bond acceptors (Lipinski definition) is 1. The first-order valence-corrected chi connectivity index (χ1v) is 5.44. The Morgan fingerprint density at radius 2 is 2.23 bits per heavy atom. The van der Waals surface area contributed by atoms with Gasteiger partial charge >= 0.3 is 0 Å². The van der Waals surface area contributed by atoms with Crippen molar-refractivity contribution in [3.05, 3.63) is 34.3 Å². The molecule has 0 saturated heterocycles. The summed E-state index contributed by atoms with van der Waals surface area (Å²) < 4.78 is 0. The fourth-order valence-electron chi connectivity index (χ4n) is 1.59. The van der Waals surface area contributed by atoms with E-state index in [2.05, 4.69) is 15.9 Å². The van der Waals surface area contributed by atoms with Crippen LogP contribution in [0.3, 0.4) is 0 Å². The molecule has 0 aliphatic heterocycles. The summed E-state index contributed by atoms with van der Waals surface area (Å²) in [6, 6.07) is 5.46. The van der Waals surface area contributed by atoms with Crippen molar-refractivity contribution < 1.29 is 4.79 Å². The number of rotatable bonds is 0. The molecule has 0 heterocycles. The zero-order chi connectivity index (χ0) is 9.42. The molecule has 2 rings (SSSR count). The Hall–Kier alpha value is -0.340. The van der Waals surface area contributed by atoms with Crippen molar-refractivity contribution in [3.8, 4) is 0 Å². The molecule has 1 atom stereocenters. The standard InChI is InChI=1S/C10H8BrClO/c11-9-4-1-6-5-7(12)2-3-8(6)10(9)13/h2-3,5,9H,1,4H2/t9-/m0/s1. The van der Waals surface area contributed by atoms with E-state index in [0.717, 1.165) is 24.0 Å². The molecular weight excluding hydrogens is 251 g/mol. The van der Waals surface area contributed by atoms with Gasteiger partial charge in [0.25, 0.3) is 0 Å². The molecule has 0 bridgehead atoms. The van der Waals surface area contributed by atoms with Crippen LogP contribution in [0, 0.1) is 0 Å². The van der Waals surface area contributed by atoms with Gasteiger partial charge in [-0.2, -0.15) is 0 Å². The quantitative estimate of drug-likeness (QED) is 0.654. The average molecular weight is 260 g/mol. The van der Waals surface area contributed by atoms with Gasteiger partial charge < -0.3 is 0 Å². The van der Waals surface area contributed by atoms with Crippen LogP contribution < -0.4 is 0 Å². The predicted molar refractivity (Wildman–Crippen MR) is 56.8 cm³/mol. The Bertz CT molecular complexity index is 362. The lowest BCUT2D eigenvalue weighted by Gasteiger charge is -2.18. The first kappa shape index (κ1) is 9.22. The van der Waals surface area contributed by atoms with E-state index in [1.165, 1.54) is 0 Å². The molecule has 1 aromatic rings. The van der Waals surface area contributed by atoms with Crippen LogP contribution in [0.1, 0.15) is 22.3 Å². The van der Waals surface area contributed by atoms with Gasteiger partial charge in [0.2, 0.25) is 0 Å². The number of benzene rings is 1. The lowest BCUT2D eigenvalue weighted by atomic mass is 9.91. The molecule has 1 aromatic carbocycles. The van der Waals surface area contributed by atoms with Crippen molar-refractivity contribution in [1.82, 2.24) is 0 Å². The summed E-state index contributed by atoms with van der Waals surface area (Å²) in [6.45, 7) is 0. The fraction of sp³-hybridized carbons (Fsp3) is 0.300. The Morgan fingerprint density at radius 1 is 1.46 bits per heavy atom. The third-order valence-corrected chi connectivity index (χ3v) is 3.39. The molecule has 0 N–H and O–H groups in total. The number of alkyl halides is 1. The van der Waals surface area contributed by atoms with Crippen LogP contribution in [0.5, 0.6) is 0 Å². The second-order valence-electron chi connectivity index (χ2n) is 3.17. The molecule has 13 heavy (non-hydrogen) atoms. The molecule has 0 unspecified atom stereocenters. The van der Waals surface area contributed by atoms with Gasteiger partial charge in [-0.3, -0.25) is 4.79 Å². The molecule has 0 saturated carbocycles. The second-order valence-corrected chi connectivity index (χ2v) is 4.71. The van der Waals surface area contributed by atoms with Gasteiger partial charge in [-0.25, -0.2) is 0 Å². The zero-order valence-electron chi connectivity index (χ0n) is 6.89. The van der Waals surface area contributed by atoms with Gasteiger partial charge in [0, 0.05) is 10.6 Å². The topological polar surface area (TPSA) is 17.1 Å². The highest BCUT2D eigenvalue weighted by Gasteiger charge is 2.24. The van der Waals surface area contributed by atoms with Crippen molar-refractivity contribution in [2.45, 2.75) is 17.7 Å². The first-order chi connectivity index (χ1) is 6.18. The maximum Gasteiger partial charge on any atom is 0.176 e. The molecule has 0 aromatic heterocycles. The Labute approximate surface area is 90.2 Å². The van der Waals surface area contributed by atoms with Crippen molar-refractivity contribution in [2.24, 2.45) is 0 Å². The van der Waals surface area contributed by atoms with Gasteiger partial charge in [-0.1, -0.05) is 27.5 Å². The summed E-state index contributed by atoms with van der Waals surface area (Å²) in [4.78, 5) is 11.6. The number of fused-ring (bicyclic) bond motifs is 1. The zero-order valence-corrected chi connectivity index (χ0v) is 9.23. The highest BCUT2D eigenvalue weighted by atomic mass is 79.9. The molecular formula is C10H8BrClO. The molecule has 3 heteroatoms. The Balaban J connectivity index is 2.50. The lowest BCUT2D eigenvalue weighted by Crippen LogP contribution is -2.22. The number of carbonyl (C=O) groups is 1. The molecule has 1 aliphatic rings. The minimum atomic E-state index is -0.0128. The van der Waals surface area contributed by atoms with Crippen LogP contribution in [0.25, 0.3) is 0 Å². The normalized spacial score (nSPS) is 21.4. The summed E-state index contributed by atoms with van der Waals surface area (Å²) in [5, 5.41) is 0.708. The number of carbonyl (C=O) groups excluding carboxylic acids is 1. The summed E-state index contributed by atoms with van der Waals surface area (Å²) in [5.74, 6) is 0.179. The number of hydrogen-bond donors (Lipinski definition) is 0. The van der Waals surface area contributed by atoms with Gasteiger partial charge in [0.15, 0.2) is 5.78 Å². The fourth-order valence-corrected chi connectivity index (χ4v) is 2.26. The minimum Gasteiger partial charge on any atom is -0.293 e. The van der Waals surface area contributed by atoms with Gasteiger partial charge in [0.1, 0.15) is 0 Å². The maximum absolute atomic E-state index is 11.6. The summed E-state index contributed by atoms with van der Waals surface area (Å²) in [7, 11) is 0. The van der Waals surface area contributed by atoms with Crippen molar-refractivity contribution in [2.75, 3.05) is 0 Å². The van der Waals surface area contributed by atoms with Crippen LogP contribution in [0.2, 0.25) is 5.02 Å². The lowest BCUT2D eigenvalue weighted by molar-refractivity contribution is 0.0981. The summed E-state index contributed by atoms with van der Waals surface area (Å²) in [6.07, 6.45) is 1.80. The Kier molecular flexibility index (Phi) is 2.43. The van der Waals surface area contributed by atoms with Crippen molar-refractivity contribution >= 4 is 33.3 Å². The van der Waals surface area contributed by atoms with E-state index in [1.807, 2.05) is 12.1 Å². The first-order valence-electron chi connectivity index (χ1n) is 4.15. The molecule has 1 aliphatic carbocycles. The molecule has 0 fully saturated rings. The molecule has 0 amide bonds. The van der Waals surface area contributed by atoms with E-state index in [9.17, 15) is 4.79 Å². The number of aryl methyl sites for hydroxylation is 1. The monoisotopic (exact) mass is 258 g/mol. The number of halogens is 2. The second kappa shape index (κ2) is 3.43. The summed E-state index contributed by atoms with van der Waals surface area (Å²) >= 11 is 9.20. The third kappa shape index (κ3) is 1.65. The van der Waals surface area contributed by atoms with E-state index in [4.69, 9.17) is 11.6 Å². The smallest absolute Gasteiger partial charge is 0.176 e. The third-order valence-electron chi connectivity index (χ3n) is 2.28. The molecule has 68 valence electrons. The molecule has 0 spiro atoms. The van der Waals surface area contributed by atoms with E-state index in [1.54, 1.807) is 6.07 Å². The number of Topliss-reactive ketones (excluding diaryl/α,β-unsaturated/α-hetero) is 1. The highest BCUT2D eigenvalue weighted by Crippen LogP contribution is 2.27. The maximum atomic E-state index is 11.6. The van der Waals surface area contributed by atoms with Crippen molar-refractivity contribution in [1.29, 1.82) is 0 Å². The van der Waals surface area contributed by atoms with E-state index >= 15 is 0 Å². The van der Waals surface area contributed by atoms with Crippen LogP contribution in [0.15, 0.2) is 18.2 Å². The van der Waals surface area contributed by atoms with Crippen LogP contribution >= 0.6 is 27.5 Å². The number of ketones is 1. The van der Waals surface area contributed by atoms with Crippen LogP contribution in [-0.2, 0) is 6.42 Å². The van der Waals surface area contributed by atoms with E-state index in [-0.39, 0.29) is 10.6 Å². The van der Waals surface area contributed by atoms with E-state index in [0.29, 0.717) is 5.02 Å². The van der Waals surface area contributed by atoms with Gasteiger partial charge in [-0.15, -0.1) is 0 Å². The van der Waals surface area contributed by atoms with Crippen LogP contribution in [-0.4, -0.2) is 10.6 Å². The average Bonchev–Trinajstić information content (AvgIpc) is 2.12. The van der Waals surface area contributed by atoms with Crippen LogP contribution in [0.4, 0.5) is 0 Å².